The second-order valence-corrected chi connectivity index (χ2v) is 5.46. The van der Waals surface area contributed by atoms with E-state index < -0.39 is 10.8 Å². The van der Waals surface area contributed by atoms with Crippen LogP contribution in [0.2, 0.25) is 0 Å². The maximum atomic E-state index is 11.3. The quantitative estimate of drug-likeness (QED) is 0.726. The minimum atomic E-state index is -0.778. The molecule has 6 nitrogen and oxygen atoms in total. The summed E-state index contributed by atoms with van der Waals surface area (Å²) in [6.07, 6.45) is 0. The average molecular weight is 272 g/mol. The Morgan fingerprint density at radius 1 is 1.44 bits per heavy atom. The number of rotatable bonds is 8. The molecule has 1 heterocycles. The van der Waals surface area contributed by atoms with Crippen LogP contribution in [0, 0.1) is 0 Å². The van der Waals surface area contributed by atoms with Crippen LogP contribution in [-0.4, -0.2) is 38.8 Å². The van der Waals surface area contributed by atoms with E-state index in [9.17, 15) is 4.21 Å². The van der Waals surface area contributed by atoms with Gasteiger partial charge in [0.1, 0.15) is 18.2 Å². The van der Waals surface area contributed by atoms with Gasteiger partial charge in [0.15, 0.2) is 5.82 Å². The molecule has 0 aliphatic heterocycles. The summed E-state index contributed by atoms with van der Waals surface area (Å²) in [5.74, 6) is 2.87. The highest BCUT2D eigenvalue weighted by atomic mass is 32.2. The fourth-order valence-electron chi connectivity index (χ4n) is 1.30. The second kappa shape index (κ2) is 7.99. The van der Waals surface area contributed by atoms with Gasteiger partial charge >= 0.3 is 0 Å². The zero-order valence-corrected chi connectivity index (χ0v) is 11.6. The summed E-state index contributed by atoms with van der Waals surface area (Å²) in [7, 11) is -0.778. The molecule has 0 spiro atoms. The summed E-state index contributed by atoms with van der Waals surface area (Å²) >= 11 is 0. The summed E-state index contributed by atoms with van der Waals surface area (Å²) < 4.78 is 16.5. The standard InChI is InChI=1S/C11H20N4O2S/c1-3-17-8-11-14-9(12)7-10(15-11)13-5-6-18(16)4-2/h7H,3-6,8H2,1-2H3,(H3,12,13,14,15). The lowest BCUT2D eigenvalue weighted by molar-refractivity contribution is 0.128. The van der Waals surface area contributed by atoms with Crippen molar-refractivity contribution in [1.82, 2.24) is 9.97 Å². The minimum absolute atomic E-state index is 0.344. The number of nitrogens with zero attached hydrogens (tertiary/aromatic N) is 2. The fraction of sp³-hybridized carbons (Fsp3) is 0.636. The largest absolute Gasteiger partial charge is 0.384 e. The number of nitrogens with one attached hydrogen (secondary N) is 1. The molecule has 7 heteroatoms. The molecule has 0 aliphatic rings. The summed E-state index contributed by atoms with van der Waals surface area (Å²) in [4.78, 5) is 8.34. The Labute approximate surface area is 110 Å². The van der Waals surface area contributed by atoms with Crippen LogP contribution in [0.1, 0.15) is 19.7 Å². The highest BCUT2D eigenvalue weighted by Gasteiger charge is 2.03. The molecule has 102 valence electrons. The van der Waals surface area contributed by atoms with Crippen LogP contribution in [0.4, 0.5) is 11.6 Å². The third-order valence-electron chi connectivity index (χ3n) is 2.19. The number of anilines is 2. The second-order valence-electron chi connectivity index (χ2n) is 3.59. The Hall–Kier alpha value is -1.21. The normalized spacial score (nSPS) is 12.3. The molecule has 0 amide bonds. The third kappa shape index (κ3) is 5.42. The van der Waals surface area contributed by atoms with Gasteiger partial charge in [-0.1, -0.05) is 6.92 Å². The Morgan fingerprint density at radius 3 is 2.89 bits per heavy atom. The molecule has 0 radical (unpaired) electrons. The van der Waals surface area contributed by atoms with Crippen molar-refractivity contribution < 1.29 is 8.95 Å². The highest BCUT2D eigenvalue weighted by Crippen LogP contribution is 2.08. The van der Waals surface area contributed by atoms with E-state index in [1.807, 2.05) is 13.8 Å². The van der Waals surface area contributed by atoms with Gasteiger partial charge in [-0.2, -0.15) is 0 Å². The van der Waals surface area contributed by atoms with Crippen LogP contribution >= 0.6 is 0 Å². The van der Waals surface area contributed by atoms with Gasteiger partial charge in [-0.25, -0.2) is 9.97 Å². The molecule has 1 atom stereocenters. The Kier molecular flexibility index (Phi) is 6.59. The van der Waals surface area contributed by atoms with Crippen molar-refractivity contribution in [1.29, 1.82) is 0 Å². The first-order valence-electron chi connectivity index (χ1n) is 5.95. The topological polar surface area (TPSA) is 90.1 Å². The first-order chi connectivity index (χ1) is 8.65. The van der Waals surface area contributed by atoms with Crippen LogP contribution in [0.25, 0.3) is 0 Å². The monoisotopic (exact) mass is 272 g/mol. The van der Waals surface area contributed by atoms with Crippen molar-refractivity contribution in [3.8, 4) is 0 Å². The van der Waals surface area contributed by atoms with Crippen LogP contribution < -0.4 is 11.1 Å². The predicted molar refractivity (Wildman–Crippen MR) is 73.8 cm³/mol. The van der Waals surface area contributed by atoms with Crippen molar-refractivity contribution in [2.24, 2.45) is 0 Å². The summed E-state index contributed by atoms with van der Waals surface area (Å²) in [5.41, 5.74) is 5.68. The lowest BCUT2D eigenvalue weighted by Crippen LogP contribution is -2.14. The first-order valence-corrected chi connectivity index (χ1v) is 7.44. The Morgan fingerprint density at radius 2 is 2.22 bits per heavy atom. The maximum absolute atomic E-state index is 11.3. The highest BCUT2D eigenvalue weighted by molar-refractivity contribution is 7.84. The fourth-order valence-corrected chi connectivity index (χ4v) is 1.92. The number of nitrogens with two attached hydrogens (primary N) is 1. The third-order valence-corrected chi connectivity index (χ3v) is 3.49. The molecule has 18 heavy (non-hydrogen) atoms. The molecule has 1 unspecified atom stereocenters. The Bertz CT molecular complexity index is 401. The van der Waals surface area contributed by atoms with E-state index in [1.165, 1.54) is 0 Å². The molecular formula is C11H20N4O2S. The molecule has 1 rings (SSSR count). The van der Waals surface area contributed by atoms with E-state index in [4.69, 9.17) is 10.5 Å². The summed E-state index contributed by atoms with van der Waals surface area (Å²) in [6, 6.07) is 1.66. The van der Waals surface area contributed by atoms with Gasteiger partial charge in [-0.05, 0) is 6.92 Å². The molecule has 1 aromatic rings. The SMILES string of the molecule is CCOCc1nc(N)cc(NCCS(=O)CC)n1. The van der Waals surface area contributed by atoms with Crippen molar-refractivity contribution in [3.63, 3.8) is 0 Å². The number of nitrogen functional groups attached to an aromatic ring is 1. The maximum Gasteiger partial charge on any atom is 0.158 e. The van der Waals surface area contributed by atoms with Crippen molar-refractivity contribution >= 4 is 22.4 Å². The molecule has 0 aliphatic carbocycles. The van der Waals surface area contributed by atoms with Crippen molar-refractivity contribution in [2.45, 2.75) is 20.5 Å². The lowest BCUT2D eigenvalue weighted by Gasteiger charge is -2.08. The van der Waals surface area contributed by atoms with E-state index in [2.05, 4.69) is 15.3 Å². The van der Waals surface area contributed by atoms with Crippen LogP contribution in [0.15, 0.2) is 6.07 Å². The molecule has 0 aromatic carbocycles. The molecule has 0 saturated heterocycles. The van der Waals surface area contributed by atoms with E-state index in [0.717, 1.165) is 0 Å². The van der Waals surface area contributed by atoms with Crippen LogP contribution in [0.3, 0.4) is 0 Å². The molecule has 0 saturated carbocycles. The van der Waals surface area contributed by atoms with Gasteiger partial charge in [-0.3, -0.25) is 4.21 Å². The zero-order chi connectivity index (χ0) is 13.4. The molecule has 0 bridgehead atoms. The summed E-state index contributed by atoms with van der Waals surface area (Å²) in [5, 5.41) is 3.09. The Balaban J connectivity index is 2.54. The molecule has 3 N–H and O–H groups in total. The number of hydrogen-bond acceptors (Lipinski definition) is 6. The number of hydrogen-bond donors (Lipinski definition) is 2. The smallest absolute Gasteiger partial charge is 0.158 e. The van der Waals surface area contributed by atoms with Gasteiger partial charge in [0, 0.05) is 41.5 Å². The molecular weight excluding hydrogens is 252 g/mol. The van der Waals surface area contributed by atoms with Crippen LogP contribution in [-0.2, 0) is 22.1 Å². The predicted octanol–water partition coefficient (Wildman–Crippen LogP) is 0.776. The number of ether oxygens (including phenoxy) is 1. The number of aromatic nitrogens is 2. The summed E-state index contributed by atoms with van der Waals surface area (Å²) in [6.45, 7) is 5.36. The van der Waals surface area contributed by atoms with Gasteiger partial charge in [0.25, 0.3) is 0 Å². The first kappa shape index (κ1) is 14.8. The van der Waals surface area contributed by atoms with Crippen molar-refractivity contribution in [2.75, 3.05) is 35.7 Å². The lowest BCUT2D eigenvalue weighted by atomic mass is 10.5. The molecule has 0 fully saturated rings. The molecule has 1 aromatic heterocycles. The van der Waals surface area contributed by atoms with E-state index in [1.54, 1.807) is 6.07 Å². The van der Waals surface area contributed by atoms with Crippen LogP contribution in [0.5, 0.6) is 0 Å². The van der Waals surface area contributed by atoms with E-state index in [0.29, 0.717) is 48.7 Å². The van der Waals surface area contributed by atoms with Gasteiger partial charge in [-0.15, -0.1) is 0 Å². The van der Waals surface area contributed by atoms with Gasteiger partial charge in [0.05, 0.1) is 0 Å². The van der Waals surface area contributed by atoms with Crippen molar-refractivity contribution in [3.05, 3.63) is 11.9 Å². The zero-order valence-electron chi connectivity index (χ0n) is 10.8. The van der Waals surface area contributed by atoms with E-state index >= 15 is 0 Å². The minimum Gasteiger partial charge on any atom is -0.384 e. The van der Waals surface area contributed by atoms with Gasteiger partial charge in [0.2, 0.25) is 0 Å². The van der Waals surface area contributed by atoms with Gasteiger partial charge < -0.3 is 15.8 Å². The van der Waals surface area contributed by atoms with E-state index in [-0.39, 0.29) is 0 Å². The average Bonchev–Trinajstić information content (AvgIpc) is 2.35.